The van der Waals surface area contributed by atoms with E-state index in [9.17, 15) is 10.2 Å². The molecule has 4 saturated carbocycles. The Labute approximate surface area is 207 Å². The van der Waals surface area contributed by atoms with E-state index in [0.717, 1.165) is 40.0 Å². The van der Waals surface area contributed by atoms with E-state index in [4.69, 9.17) is 0 Å². The van der Waals surface area contributed by atoms with Crippen LogP contribution in [0.3, 0.4) is 0 Å². The van der Waals surface area contributed by atoms with Gasteiger partial charge in [-0.3, -0.25) is 4.99 Å². The minimum Gasteiger partial charge on any atom is -1.00 e. The number of fused-ring (bicyclic) bond motifs is 1. The normalized spacial score (nSPS) is 34.2. The summed E-state index contributed by atoms with van der Waals surface area (Å²) < 4.78 is 0. The average molecular weight is 487 g/mol. The first kappa shape index (κ1) is 23.8. The van der Waals surface area contributed by atoms with Crippen LogP contribution in [0.1, 0.15) is 72.4 Å². The number of aryl methyl sites for hydroxylation is 1. The summed E-state index contributed by atoms with van der Waals surface area (Å²) in [4.78, 5) is 4.67. The Balaban J connectivity index is 0.00000122. The fraction of sp³-hybridized carbons (Fsp3) is 0.519. The fourth-order valence-electron chi connectivity index (χ4n) is 7.61. The van der Waals surface area contributed by atoms with Crippen molar-refractivity contribution >= 4 is 6.21 Å². The molecular weight excluding hydrogens is 458 g/mol. The van der Waals surface area contributed by atoms with Crippen LogP contribution in [0, 0.1) is 24.7 Å². The van der Waals surface area contributed by atoms with Crippen molar-refractivity contribution < 1.29 is 40.0 Å². The Hall–Kier alpha value is -1.31. The summed E-state index contributed by atoms with van der Waals surface area (Å²) in [5.74, 6) is 2.58. The zero-order chi connectivity index (χ0) is 20.5. The number of halogens is 1. The molecule has 5 aliphatic rings. The second kappa shape index (κ2) is 8.80. The van der Waals surface area contributed by atoms with Crippen LogP contribution in [0.5, 0.6) is 5.75 Å². The average Bonchev–Trinajstić information content (AvgIpc) is 3.02. The number of rotatable bonds is 3. The van der Waals surface area contributed by atoms with Crippen molar-refractivity contribution in [1.82, 2.24) is 0 Å². The number of nitrogens with zero attached hydrogens (tertiary/aromatic N) is 1. The van der Waals surface area contributed by atoms with Gasteiger partial charge in [0.15, 0.2) is 0 Å². The molecule has 0 aliphatic heterocycles. The summed E-state index contributed by atoms with van der Waals surface area (Å²) in [6, 6.07) is 11.7. The van der Waals surface area contributed by atoms with Gasteiger partial charge in [-0.25, -0.2) is 0 Å². The van der Waals surface area contributed by atoms with Gasteiger partial charge < -0.3 is 22.6 Å². The van der Waals surface area contributed by atoms with Crippen molar-refractivity contribution in [2.45, 2.75) is 69.4 Å². The van der Waals surface area contributed by atoms with Crippen molar-refractivity contribution in [3.05, 3.63) is 64.2 Å². The van der Waals surface area contributed by atoms with E-state index in [2.05, 4.69) is 18.0 Å². The quantitative estimate of drug-likeness (QED) is 0.607. The zero-order valence-corrected chi connectivity index (χ0v) is 20.5. The largest absolute Gasteiger partial charge is 3.00 e. The molecule has 2 atom stereocenters. The molecule has 4 bridgehead atoms. The maximum Gasteiger partial charge on any atom is 3.00 e. The van der Waals surface area contributed by atoms with E-state index in [1.807, 2.05) is 30.3 Å². The van der Waals surface area contributed by atoms with Crippen molar-refractivity contribution in [2.24, 2.45) is 22.7 Å². The molecular formula is C27H29ClCrNO2. The van der Waals surface area contributed by atoms with Gasteiger partial charge in [-0.05, 0) is 97.3 Å². The van der Waals surface area contributed by atoms with Crippen molar-refractivity contribution in [2.75, 3.05) is 0 Å². The summed E-state index contributed by atoms with van der Waals surface area (Å²) in [7, 11) is 0. The molecule has 167 valence electrons. The van der Waals surface area contributed by atoms with Crippen LogP contribution in [0.2, 0.25) is 0 Å². The molecule has 5 aliphatic carbocycles. The minimum absolute atomic E-state index is 0. The number of benzene rings is 2. The molecule has 0 saturated heterocycles. The predicted octanol–water partition coefficient (Wildman–Crippen LogP) is 0.983. The molecule has 32 heavy (non-hydrogen) atoms. The van der Waals surface area contributed by atoms with Gasteiger partial charge in [-0.15, -0.1) is 0 Å². The molecule has 2 aromatic carbocycles. The van der Waals surface area contributed by atoms with Gasteiger partial charge in [0.2, 0.25) is 0 Å². The summed E-state index contributed by atoms with van der Waals surface area (Å²) in [5, 5.41) is 26.2. The van der Waals surface area contributed by atoms with Crippen molar-refractivity contribution in [3.8, 4) is 5.75 Å². The first-order valence-corrected chi connectivity index (χ1v) is 11.6. The SMILES string of the molecule is Cc1cc(C=NC2c3ccccc3CC2[O-])c([O-])c(C23CC4CC(CC(C4)C2)C3)c1.[Cl-].[Cr+3]. The maximum atomic E-state index is 13.6. The van der Waals surface area contributed by atoms with Gasteiger partial charge in [-0.2, -0.15) is 0 Å². The molecule has 5 heteroatoms. The summed E-state index contributed by atoms with van der Waals surface area (Å²) in [6.45, 7) is 2.09. The van der Waals surface area contributed by atoms with Gasteiger partial charge in [0.1, 0.15) is 0 Å². The first-order valence-electron chi connectivity index (χ1n) is 11.6. The van der Waals surface area contributed by atoms with Crippen LogP contribution >= 0.6 is 0 Å². The summed E-state index contributed by atoms with van der Waals surface area (Å²) in [6.07, 6.45) is 9.15. The molecule has 0 aromatic heterocycles. The smallest absolute Gasteiger partial charge is 1.00 e. The van der Waals surface area contributed by atoms with Gasteiger partial charge in [0.25, 0.3) is 0 Å². The third-order valence-corrected chi connectivity index (χ3v) is 8.39. The van der Waals surface area contributed by atoms with Crippen LogP contribution in [-0.2, 0) is 29.2 Å². The molecule has 2 unspecified atom stereocenters. The Morgan fingerprint density at radius 3 is 2.28 bits per heavy atom. The molecule has 0 N–H and O–H groups in total. The second-order valence-electron chi connectivity index (χ2n) is 10.6. The molecule has 0 spiro atoms. The van der Waals surface area contributed by atoms with Crippen LogP contribution < -0.4 is 22.6 Å². The predicted molar refractivity (Wildman–Crippen MR) is 115 cm³/mol. The van der Waals surface area contributed by atoms with E-state index in [1.54, 1.807) is 6.21 Å². The minimum atomic E-state index is -0.763. The Bertz CT molecular complexity index is 1000. The zero-order valence-electron chi connectivity index (χ0n) is 18.4. The third-order valence-electron chi connectivity index (χ3n) is 8.39. The van der Waals surface area contributed by atoms with Gasteiger partial charge in [0.05, 0.1) is 6.04 Å². The Morgan fingerprint density at radius 1 is 1.00 bits per heavy atom. The maximum absolute atomic E-state index is 13.6. The summed E-state index contributed by atoms with van der Waals surface area (Å²) >= 11 is 0. The Morgan fingerprint density at radius 2 is 1.62 bits per heavy atom. The molecule has 0 amide bonds. The van der Waals surface area contributed by atoms with Crippen molar-refractivity contribution in [3.63, 3.8) is 0 Å². The van der Waals surface area contributed by atoms with Crippen LogP contribution in [-0.4, -0.2) is 12.3 Å². The Kier molecular flexibility index (Phi) is 6.56. The first-order chi connectivity index (χ1) is 14.5. The van der Waals surface area contributed by atoms with Gasteiger partial charge >= 0.3 is 17.4 Å². The van der Waals surface area contributed by atoms with E-state index >= 15 is 0 Å². The van der Waals surface area contributed by atoms with Gasteiger partial charge in [-0.1, -0.05) is 53.8 Å². The molecule has 4 fully saturated rings. The molecule has 3 nitrogen and oxygen atoms in total. The summed E-state index contributed by atoms with van der Waals surface area (Å²) in [5.41, 5.74) is 5.04. The fourth-order valence-corrected chi connectivity index (χ4v) is 7.61. The molecule has 0 heterocycles. The number of aliphatic imine (C=N–C) groups is 1. The standard InChI is InChI=1S/C27H30NO2.ClH.Cr/c1-16-6-21(15-28-25-22-5-3-2-4-20(22)11-24(25)29)26(30)23(7-16)27-12-17-8-18(13-27)10-19(9-17)14-27;;/h2-7,15,17-19,24-25,30H,8-14H2,1H3;1H;/q-1;;+3/p-2. The van der Waals surface area contributed by atoms with Crippen molar-refractivity contribution in [1.29, 1.82) is 0 Å². The van der Waals surface area contributed by atoms with Crippen LogP contribution in [0.15, 0.2) is 41.4 Å². The van der Waals surface area contributed by atoms with E-state index < -0.39 is 6.10 Å². The number of hydrogen-bond acceptors (Lipinski definition) is 3. The van der Waals surface area contributed by atoms with E-state index in [-0.39, 0.29) is 47.0 Å². The van der Waals surface area contributed by atoms with E-state index in [1.165, 1.54) is 38.5 Å². The monoisotopic (exact) mass is 486 g/mol. The van der Waals surface area contributed by atoms with Gasteiger partial charge in [0, 0.05) is 6.21 Å². The third kappa shape index (κ3) is 3.84. The molecule has 2 aromatic rings. The topological polar surface area (TPSA) is 58.5 Å². The number of hydrogen-bond donors (Lipinski definition) is 0. The molecule has 1 radical (unpaired) electrons. The van der Waals surface area contributed by atoms with E-state index in [0.29, 0.717) is 12.0 Å². The van der Waals surface area contributed by atoms with Crippen LogP contribution in [0.4, 0.5) is 0 Å². The second-order valence-corrected chi connectivity index (χ2v) is 10.6. The van der Waals surface area contributed by atoms with Crippen LogP contribution in [0.25, 0.3) is 0 Å². The molecule has 7 rings (SSSR count).